The number of hydrogen-bond acceptors (Lipinski definition) is 3. The van der Waals surface area contributed by atoms with Crippen molar-refractivity contribution in [3.8, 4) is 0 Å². The maximum absolute atomic E-state index is 6.07. The minimum absolute atomic E-state index is 0.0489. The first kappa shape index (κ1) is 14.3. The van der Waals surface area contributed by atoms with E-state index in [0.29, 0.717) is 0 Å². The van der Waals surface area contributed by atoms with Crippen LogP contribution in [0.4, 0.5) is 5.82 Å². The fourth-order valence-electron chi connectivity index (χ4n) is 3.03. The second kappa shape index (κ2) is 6.38. The topological polar surface area (TPSA) is 42.2 Å². The van der Waals surface area contributed by atoms with Gasteiger partial charge >= 0.3 is 0 Å². The van der Waals surface area contributed by atoms with E-state index in [9.17, 15) is 0 Å². The summed E-state index contributed by atoms with van der Waals surface area (Å²) in [7, 11) is 0. The quantitative estimate of drug-likeness (QED) is 0.907. The molecule has 1 aliphatic rings. The maximum Gasteiger partial charge on any atom is 0.133 e. The van der Waals surface area contributed by atoms with Gasteiger partial charge in [-0.25, -0.2) is 4.98 Å². The van der Waals surface area contributed by atoms with Crippen LogP contribution in [0.2, 0.25) is 0 Å². The Morgan fingerprint density at radius 3 is 2.74 bits per heavy atom. The number of nitrogens with zero attached hydrogens (tertiary/aromatic N) is 2. The van der Waals surface area contributed by atoms with E-state index in [1.54, 1.807) is 0 Å². The third kappa shape index (κ3) is 3.47. The Morgan fingerprint density at radius 2 is 2.05 bits per heavy atom. The summed E-state index contributed by atoms with van der Waals surface area (Å²) in [6.07, 6.45) is 5.75. The molecule has 2 heterocycles. The molecule has 0 amide bonds. The van der Waals surface area contributed by atoms with Gasteiger partial charge in [0.25, 0.3) is 0 Å². The molecule has 0 aromatic carbocycles. The molecule has 0 bridgehead atoms. The third-order valence-electron chi connectivity index (χ3n) is 4.32. The van der Waals surface area contributed by atoms with Crippen LogP contribution in [0.1, 0.15) is 51.6 Å². The fourth-order valence-corrected chi connectivity index (χ4v) is 3.03. The molecule has 2 rings (SSSR count). The number of anilines is 1. The van der Waals surface area contributed by atoms with E-state index in [4.69, 9.17) is 5.73 Å². The molecule has 0 radical (unpaired) electrons. The lowest BCUT2D eigenvalue weighted by Gasteiger charge is -2.25. The van der Waals surface area contributed by atoms with Gasteiger partial charge < -0.3 is 10.6 Å². The summed E-state index contributed by atoms with van der Waals surface area (Å²) in [5.74, 6) is 2.74. The monoisotopic (exact) mass is 261 g/mol. The van der Waals surface area contributed by atoms with Gasteiger partial charge in [0, 0.05) is 30.9 Å². The first-order valence-electron chi connectivity index (χ1n) is 7.55. The van der Waals surface area contributed by atoms with Gasteiger partial charge in [-0.05, 0) is 44.1 Å². The van der Waals surface area contributed by atoms with E-state index < -0.39 is 0 Å². The Bertz CT molecular complexity index is 401. The Labute approximate surface area is 117 Å². The van der Waals surface area contributed by atoms with Gasteiger partial charge in [-0.15, -0.1) is 0 Å². The predicted molar refractivity (Wildman–Crippen MR) is 81.2 cm³/mol. The first-order valence-corrected chi connectivity index (χ1v) is 7.55. The number of nitrogens with two attached hydrogens (primary N) is 1. The number of pyridine rings is 1. The Kier molecular flexibility index (Phi) is 4.81. The SMILES string of the molecule is CC(C)C1CCCN(c2ncccc2[C@@H](C)N)CC1. The highest BCUT2D eigenvalue weighted by Gasteiger charge is 2.22. The zero-order valence-corrected chi connectivity index (χ0v) is 12.5. The molecule has 2 atom stereocenters. The summed E-state index contributed by atoms with van der Waals surface area (Å²) < 4.78 is 0. The fraction of sp³-hybridized carbons (Fsp3) is 0.688. The normalized spacial score (nSPS) is 22.4. The van der Waals surface area contributed by atoms with Gasteiger partial charge in [0.15, 0.2) is 0 Å². The molecule has 0 aliphatic carbocycles. The molecular weight excluding hydrogens is 234 g/mol. The highest BCUT2D eigenvalue weighted by molar-refractivity contribution is 5.48. The van der Waals surface area contributed by atoms with Gasteiger partial charge in [-0.1, -0.05) is 19.9 Å². The first-order chi connectivity index (χ1) is 9.09. The van der Waals surface area contributed by atoms with E-state index in [-0.39, 0.29) is 6.04 Å². The molecule has 3 nitrogen and oxygen atoms in total. The van der Waals surface area contributed by atoms with Crippen LogP contribution < -0.4 is 10.6 Å². The summed E-state index contributed by atoms with van der Waals surface area (Å²) in [6.45, 7) is 8.94. The van der Waals surface area contributed by atoms with Crippen LogP contribution in [0.15, 0.2) is 18.3 Å². The van der Waals surface area contributed by atoms with E-state index in [0.717, 1.165) is 30.7 Å². The summed E-state index contributed by atoms with van der Waals surface area (Å²) in [5, 5.41) is 0. The van der Waals surface area contributed by atoms with E-state index in [1.807, 2.05) is 19.2 Å². The lowest BCUT2D eigenvalue weighted by Crippen LogP contribution is -2.27. The van der Waals surface area contributed by atoms with Crippen molar-refractivity contribution in [2.75, 3.05) is 18.0 Å². The summed E-state index contributed by atoms with van der Waals surface area (Å²) in [5.41, 5.74) is 7.24. The lowest BCUT2D eigenvalue weighted by atomic mass is 9.89. The van der Waals surface area contributed by atoms with Crippen LogP contribution in [0.5, 0.6) is 0 Å². The zero-order chi connectivity index (χ0) is 13.8. The Hall–Kier alpha value is -1.09. The Balaban J connectivity index is 2.14. The van der Waals surface area contributed by atoms with Crippen molar-refractivity contribution in [3.05, 3.63) is 23.9 Å². The van der Waals surface area contributed by atoms with E-state index >= 15 is 0 Å². The van der Waals surface area contributed by atoms with E-state index in [2.05, 4.69) is 29.8 Å². The summed E-state index contributed by atoms with van der Waals surface area (Å²) in [4.78, 5) is 7.01. The molecule has 2 N–H and O–H groups in total. The second-order valence-electron chi connectivity index (χ2n) is 6.13. The molecule has 19 heavy (non-hydrogen) atoms. The van der Waals surface area contributed by atoms with Gasteiger partial charge in [0.1, 0.15) is 5.82 Å². The minimum Gasteiger partial charge on any atom is -0.356 e. The van der Waals surface area contributed by atoms with E-state index in [1.165, 1.54) is 24.8 Å². The highest BCUT2D eigenvalue weighted by Crippen LogP contribution is 2.29. The van der Waals surface area contributed by atoms with Crippen LogP contribution in [-0.4, -0.2) is 18.1 Å². The second-order valence-corrected chi connectivity index (χ2v) is 6.13. The van der Waals surface area contributed by atoms with Crippen molar-refractivity contribution in [2.24, 2.45) is 17.6 Å². The summed E-state index contributed by atoms with van der Waals surface area (Å²) in [6, 6.07) is 4.14. The number of hydrogen-bond donors (Lipinski definition) is 1. The number of rotatable bonds is 3. The molecule has 1 aliphatic heterocycles. The smallest absolute Gasteiger partial charge is 0.133 e. The molecule has 0 spiro atoms. The maximum atomic E-state index is 6.07. The lowest BCUT2D eigenvalue weighted by molar-refractivity contribution is 0.351. The predicted octanol–water partition coefficient (Wildman–Crippen LogP) is 3.36. The molecule has 1 saturated heterocycles. The molecule has 1 fully saturated rings. The molecule has 1 aromatic rings. The van der Waals surface area contributed by atoms with Crippen molar-refractivity contribution in [3.63, 3.8) is 0 Å². The largest absolute Gasteiger partial charge is 0.356 e. The van der Waals surface area contributed by atoms with Crippen molar-refractivity contribution in [2.45, 2.75) is 46.1 Å². The van der Waals surface area contributed by atoms with Gasteiger partial charge in [0.2, 0.25) is 0 Å². The highest BCUT2D eigenvalue weighted by atomic mass is 15.2. The van der Waals surface area contributed by atoms with Crippen LogP contribution in [0, 0.1) is 11.8 Å². The van der Waals surface area contributed by atoms with Gasteiger partial charge in [0.05, 0.1) is 0 Å². The molecule has 0 saturated carbocycles. The third-order valence-corrected chi connectivity index (χ3v) is 4.32. The van der Waals surface area contributed by atoms with Gasteiger partial charge in [-0.2, -0.15) is 0 Å². The minimum atomic E-state index is 0.0489. The van der Waals surface area contributed by atoms with Gasteiger partial charge in [-0.3, -0.25) is 0 Å². The Morgan fingerprint density at radius 1 is 1.26 bits per heavy atom. The standard InChI is InChI=1S/C16H27N3/c1-12(2)14-6-5-10-19(11-8-14)16-15(13(3)17)7-4-9-18-16/h4,7,9,12-14H,5-6,8,10-11,17H2,1-3H3/t13-,14?/m1/s1. The van der Waals surface area contributed by atoms with Crippen molar-refractivity contribution in [1.29, 1.82) is 0 Å². The molecule has 1 aromatic heterocycles. The number of aromatic nitrogens is 1. The van der Waals surface area contributed by atoms with Crippen LogP contribution >= 0.6 is 0 Å². The van der Waals surface area contributed by atoms with Crippen LogP contribution in [0.25, 0.3) is 0 Å². The zero-order valence-electron chi connectivity index (χ0n) is 12.5. The molecule has 3 heteroatoms. The molecular formula is C16H27N3. The van der Waals surface area contributed by atoms with Crippen LogP contribution in [-0.2, 0) is 0 Å². The van der Waals surface area contributed by atoms with Crippen LogP contribution in [0.3, 0.4) is 0 Å². The molecule has 106 valence electrons. The average molecular weight is 261 g/mol. The van der Waals surface area contributed by atoms with Crippen molar-refractivity contribution in [1.82, 2.24) is 4.98 Å². The molecule has 1 unspecified atom stereocenters. The summed E-state index contributed by atoms with van der Waals surface area (Å²) >= 11 is 0. The average Bonchev–Trinajstić information content (AvgIpc) is 2.64. The van der Waals surface area contributed by atoms with Crippen molar-refractivity contribution >= 4 is 5.82 Å². The van der Waals surface area contributed by atoms with Crippen molar-refractivity contribution < 1.29 is 0 Å².